The van der Waals surface area contributed by atoms with E-state index < -0.39 is 5.97 Å². The van der Waals surface area contributed by atoms with Gasteiger partial charge in [0.2, 0.25) is 0 Å². The Morgan fingerprint density at radius 1 is 1.42 bits per heavy atom. The minimum Gasteiger partial charge on any atom is -0.495 e. The number of ether oxygens (including phenoxy) is 1. The highest BCUT2D eigenvalue weighted by molar-refractivity contribution is 6.32. The number of carboxylic acid groups (broad SMARTS) is 1. The van der Waals surface area contributed by atoms with Gasteiger partial charge in [0.25, 0.3) is 0 Å². The molecule has 2 unspecified atom stereocenters. The molecular weight excluding hydrogens is 264 g/mol. The van der Waals surface area contributed by atoms with Gasteiger partial charge in [0.05, 0.1) is 12.1 Å². The second-order valence-corrected chi connectivity index (χ2v) is 5.55. The van der Waals surface area contributed by atoms with Crippen LogP contribution in [0.5, 0.6) is 5.75 Å². The molecule has 1 N–H and O–H groups in total. The first kappa shape index (κ1) is 14.2. The van der Waals surface area contributed by atoms with Crippen molar-refractivity contribution in [3.8, 4) is 5.75 Å². The van der Waals surface area contributed by atoms with Crippen molar-refractivity contribution < 1.29 is 14.6 Å². The number of carbonyl (C=O) groups is 1. The molecule has 0 heterocycles. The van der Waals surface area contributed by atoms with Gasteiger partial charge in [-0.1, -0.05) is 30.5 Å². The lowest BCUT2D eigenvalue weighted by Gasteiger charge is -2.31. The van der Waals surface area contributed by atoms with Crippen LogP contribution >= 0.6 is 11.6 Å². The lowest BCUT2D eigenvalue weighted by atomic mass is 9.74. The first-order chi connectivity index (χ1) is 9.11. The van der Waals surface area contributed by atoms with Crippen LogP contribution in [0.4, 0.5) is 0 Å². The molecular formula is C15H19ClO3. The van der Waals surface area contributed by atoms with E-state index in [9.17, 15) is 4.79 Å². The monoisotopic (exact) mass is 282 g/mol. The number of hydrogen-bond donors (Lipinski definition) is 1. The topological polar surface area (TPSA) is 46.5 Å². The smallest absolute Gasteiger partial charge is 0.303 e. The van der Waals surface area contributed by atoms with Crippen molar-refractivity contribution in [1.29, 1.82) is 0 Å². The number of aliphatic carboxylic acids is 1. The van der Waals surface area contributed by atoms with Gasteiger partial charge in [-0.3, -0.25) is 4.79 Å². The van der Waals surface area contributed by atoms with Crippen LogP contribution in [0.25, 0.3) is 0 Å². The Balaban J connectivity index is 2.21. The molecule has 0 aromatic heterocycles. The quantitative estimate of drug-likeness (QED) is 0.904. The zero-order valence-electron chi connectivity index (χ0n) is 11.1. The minimum absolute atomic E-state index is 0.218. The van der Waals surface area contributed by atoms with Crippen LogP contribution in [-0.4, -0.2) is 18.2 Å². The Kier molecular flexibility index (Phi) is 4.70. The zero-order chi connectivity index (χ0) is 13.8. The molecule has 1 saturated carbocycles. The molecule has 1 aromatic carbocycles. The number of halogens is 1. The summed E-state index contributed by atoms with van der Waals surface area (Å²) < 4.78 is 5.15. The molecule has 0 aliphatic heterocycles. The second kappa shape index (κ2) is 6.29. The number of carboxylic acids is 1. The average molecular weight is 283 g/mol. The maximum absolute atomic E-state index is 11.0. The van der Waals surface area contributed by atoms with Crippen molar-refractivity contribution in [2.75, 3.05) is 7.11 Å². The van der Waals surface area contributed by atoms with Crippen LogP contribution < -0.4 is 4.74 Å². The molecule has 1 aliphatic rings. The van der Waals surface area contributed by atoms with Gasteiger partial charge in [0.1, 0.15) is 5.75 Å². The maximum Gasteiger partial charge on any atom is 0.303 e. The summed E-state index contributed by atoms with van der Waals surface area (Å²) in [6.45, 7) is 0. The standard InChI is InChI=1S/C15H19ClO3/c1-19-14-7-6-11(8-13(14)16)12-5-3-2-4-10(12)9-15(17)18/h6-8,10,12H,2-5,9H2,1H3,(H,17,18). The third kappa shape index (κ3) is 3.41. The van der Waals surface area contributed by atoms with Crippen molar-refractivity contribution in [2.45, 2.75) is 38.0 Å². The molecule has 0 spiro atoms. The van der Waals surface area contributed by atoms with E-state index in [1.165, 1.54) is 0 Å². The predicted molar refractivity (Wildman–Crippen MR) is 75.0 cm³/mol. The molecule has 1 aliphatic carbocycles. The van der Waals surface area contributed by atoms with Crippen LogP contribution in [0.1, 0.15) is 43.6 Å². The number of rotatable bonds is 4. The molecule has 0 bridgehead atoms. The van der Waals surface area contributed by atoms with E-state index in [0.29, 0.717) is 16.7 Å². The van der Waals surface area contributed by atoms with Gasteiger partial charge in [-0.05, 0) is 42.4 Å². The van der Waals surface area contributed by atoms with E-state index in [4.69, 9.17) is 21.4 Å². The maximum atomic E-state index is 11.0. The summed E-state index contributed by atoms with van der Waals surface area (Å²) in [5, 5.41) is 9.62. The van der Waals surface area contributed by atoms with Gasteiger partial charge in [-0.15, -0.1) is 0 Å². The second-order valence-electron chi connectivity index (χ2n) is 5.14. The minimum atomic E-state index is -0.712. The highest BCUT2D eigenvalue weighted by atomic mass is 35.5. The third-order valence-corrected chi connectivity index (χ3v) is 4.25. The Hall–Kier alpha value is -1.22. The molecule has 1 fully saturated rings. The van der Waals surface area contributed by atoms with Crippen LogP contribution in [0.2, 0.25) is 5.02 Å². The van der Waals surface area contributed by atoms with Crippen molar-refractivity contribution in [1.82, 2.24) is 0 Å². The van der Waals surface area contributed by atoms with Gasteiger partial charge < -0.3 is 9.84 Å². The zero-order valence-corrected chi connectivity index (χ0v) is 11.8. The molecule has 1 aromatic rings. The molecule has 4 heteroatoms. The molecule has 3 nitrogen and oxygen atoms in total. The summed E-state index contributed by atoms with van der Waals surface area (Å²) in [5.74, 6) is 0.469. The fourth-order valence-electron chi connectivity index (χ4n) is 3.03. The summed E-state index contributed by atoms with van der Waals surface area (Å²) in [6.07, 6.45) is 4.55. The molecule has 104 valence electrons. The summed E-state index contributed by atoms with van der Waals surface area (Å²) >= 11 is 6.16. The lowest BCUT2D eigenvalue weighted by Crippen LogP contribution is -2.20. The first-order valence-electron chi connectivity index (χ1n) is 6.67. The number of hydrogen-bond acceptors (Lipinski definition) is 2. The fraction of sp³-hybridized carbons (Fsp3) is 0.533. The molecule has 0 amide bonds. The predicted octanol–water partition coefficient (Wildman–Crippen LogP) is 4.10. The van der Waals surface area contributed by atoms with E-state index in [1.807, 2.05) is 18.2 Å². The van der Waals surface area contributed by atoms with E-state index in [0.717, 1.165) is 31.2 Å². The Morgan fingerprint density at radius 2 is 2.16 bits per heavy atom. The first-order valence-corrected chi connectivity index (χ1v) is 7.05. The van der Waals surface area contributed by atoms with Crippen molar-refractivity contribution in [3.05, 3.63) is 28.8 Å². The van der Waals surface area contributed by atoms with Gasteiger partial charge in [-0.2, -0.15) is 0 Å². The number of benzene rings is 1. The van der Waals surface area contributed by atoms with Crippen LogP contribution in [0.15, 0.2) is 18.2 Å². The fourth-order valence-corrected chi connectivity index (χ4v) is 3.29. The van der Waals surface area contributed by atoms with Gasteiger partial charge in [-0.25, -0.2) is 0 Å². The third-order valence-electron chi connectivity index (χ3n) is 3.95. The summed E-state index contributed by atoms with van der Waals surface area (Å²) in [4.78, 5) is 11.0. The van der Waals surface area contributed by atoms with E-state index in [1.54, 1.807) is 7.11 Å². The Labute approximate surface area is 118 Å². The van der Waals surface area contributed by atoms with E-state index in [-0.39, 0.29) is 12.3 Å². The lowest BCUT2D eigenvalue weighted by molar-refractivity contribution is -0.138. The summed E-state index contributed by atoms with van der Waals surface area (Å²) in [5.41, 5.74) is 1.14. The highest BCUT2D eigenvalue weighted by Gasteiger charge is 2.28. The Bertz CT molecular complexity index is 459. The average Bonchev–Trinajstić information content (AvgIpc) is 2.38. The van der Waals surface area contributed by atoms with Crippen molar-refractivity contribution in [3.63, 3.8) is 0 Å². The largest absolute Gasteiger partial charge is 0.495 e. The Morgan fingerprint density at radius 3 is 2.79 bits per heavy atom. The molecule has 2 rings (SSSR count). The van der Waals surface area contributed by atoms with Crippen LogP contribution in [0, 0.1) is 5.92 Å². The number of methoxy groups -OCH3 is 1. The molecule has 0 radical (unpaired) electrons. The van der Waals surface area contributed by atoms with E-state index >= 15 is 0 Å². The summed E-state index contributed by atoms with van der Waals surface area (Å²) in [7, 11) is 1.59. The molecule has 19 heavy (non-hydrogen) atoms. The molecule has 2 atom stereocenters. The molecule has 0 saturated heterocycles. The van der Waals surface area contributed by atoms with Gasteiger partial charge in [0, 0.05) is 6.42 Å². The van der Waals surface area contributed by atoms with Crippen molar-refractivity contribution in [2.24, 2.45) is 5.92 Å². The summed E-state index contributed by atoms with van der Waals surface area (Å²) in [6, 6.07) is 5.80. The normalized spacial score (nSPS) is 23.1. The van der Waals surface area contributed by atoms with Gasteiger partial charge >= 0.3 is 5.97 Å². The highest BCUT2D eigenvalue weighted by Crippen LogP contribution is 2.41. The SMILES string of the molecule is COc1ccc(C2CCCCC2CC(=O)O)cc1Cl. The van der Waals surface area contributed by atoms with Crippen molar-refractivity contribution >= 4 is 17.6 Å². The van der Waals surface area contributed by atoms with E-state index in [2.05, 4.69) is 0 Å². The van der Waals surface area contributed by atoms with Crippen LogP contribution in [0.3, 0.4) is 0 Å². The van der Waals surface area contributed by atoms with Gasteiger partial charge in [0.15, 0.2) is 0 Å². The van der Waals surface area contributed by atoms with Crippen LogP contribution in [-0.2, 0) is 4.79 Å².